The number of ether oxygens (including phenoxy) is 2. The van der Waals surface area contributed by atoms with Gasteiger partial charge in [0.15, 0.2) is 11.5 Å². The number of hydrogen-bond donors (Lipinski definition) is 2. The molecule has 1 aliphatic heterocycles. The van der Waals surface area contributed by atoms with E-state index < -0.39 is 5.41 Å². The van der Waals surface area contributed by atoms with E-state index in [1.807, 2.05) is 55.5 Å². The predicted octanol–water partition coefficient (Wildman–Crippen LogP) is 6.06. The molecule has 2 aromatic carbocycles. The number of methoxy groups -OCH3 is 1. The Bertz CT molecular complexity index is 1440. The number of carbonyl (C=O) groups is 2. The molecule has 0 spiro atoms. The largest absolute Gasteiger partial charge is 0.504 e. The molecule has 194 valence electrons. The van der Waals surface area contributed by atoms with Gasteiger partial charge in [0.2, 0.25) is 5.91 Å². The lowest BCUT2D eigenvalue weighted by Crippen LogP contribution is -2.29. The van der Waals surface area contributed by atoms with Crippen LogP contribution in [0.2, 0.25) is 0 Å². The minimum Gasteiger partial charge on any atom is -0.504 e. The Balaban J connectivity index is 1.33. The number of amides is 1. The number of phenolic OH excluding ortho intramolecular Hbond substituents is 1. The molecule has 0 bridgehead atoms. The highest BCUT2D eigenvalue weighted by molar-refractivity contribution is 5.95. The highest BCUT2D eigenvalue weighted by atomic mass is 16.5. The smallest absolute Gasteiger partial charge is 0.225 e. The summed E-state index contributed by atoms with van der Waals surface area (Å²) in [5, 5.41) is 12.9. The minimum absolute atomic E-state index is 0.0326. The molecule has 2 N–H and O–H groups in total. The Hall–Kier alpha value is -4.39. The second kappa shape index (κ2) is 10.5. The molecule has 1 amide bonds. The number of benzene rings is 2. The van der Waals surface area contributed by atoms with Crippen molar-refractivity contribution in [1.29, 1.82) is 0 Å². The minimum atomic E-state index is -0.622. The molecule has 5 rings (SSSR count). The third-order valence-electron chi connectivity index (χ3n) is 7.08. The molecule has 0 radical (unpaired) electrons. The molecule has 38 heavy (non-hydrogen) atoms. The van der Waals surface area contributed by atoms with Crippen molar-refractivity contribution in [2.24, 2.45) is 5.41 Å². The lowest BCUT2D eigenvalue weighted by Gasteiger charge is -2.27. The fourth-order valence-corrected chi connectivity index (χ4v) is 4.90. The first-order valence-electron chi connectivity index (χ1n) is 12.7. The van der Waals surface area contributed by atoms with Crippen LogP contribution in [0.25, 0.3) is 22.4 Å². The summed E-state index contributed by atoms with van der Waals surface area (Å²) < 4.78 is 10.9. The first kappa shape index (κ1) is 25.3. The van der Waals surface area contributed by atoms with Crippen LogP contribution in [0.1, 0.15) is 32.6 Å². The van der Waals surface area contributed by atoms with Crippen LogP contribution in [0.3, 0.4) is 0 Å². The summed E-state index contributed by atoms with van der Waals surface area (Å²) in [4.78, 5) is 30.7. The average molecular weight is 511 g/mol. The number of phenols is 1. The number of nitrogens with zero attached hydrogens (tertiary/aromatic N) is 1. The summed E-state index contributed by atoms with van der Waals surface area (Å²) in [6.07, 6.45) is 5.48. The topological polar surface area (TPSA) is 97.8 Å². The average Bonchev–Trinajstić information content (AvgIpc) is 3.39. The summed E-state index contributed by atoms with van der Waals surface area (Å²) in [5.74, 6) is 1.42. The highest BCUT2D eigenvalue weighted by Gasteiger charge is 2.36. The van der Waals surface area contributed by atoms with Gasteiger partial charge >= 0.3 is 0 Å². The molecule has 0 fully saturated rings. The summed E-state index contributed by atoms with van der Waals surface area (Å²) in [7, 11) is 1.49. The standard InChI is InChI=1S/C31H30N2O5/c1-31(14-12-26-22(19-31)13-15-38-26)28(35)10-11-30(36)33-29-18-23(21-8-9-25(34)27(17-21)37-2)16-24(32-29)20-6-4-3-5-7-20/h3-9,12,14,16-18,34H,10-11,13,15,19H2,1-2H3,(H,32,33,36). The summed E-state index contributed by atoms with van der Waals surface area (Å²) in [6, 6.07) is 18.4. The van der Waals surface area contributed by atoms with Gasteiger partial charge in [-0.15, -0.1) is 0 Å². The second-order valence-corrected chi connectivity index (χ2v) is 9.84. The van der Waals surface area contributed by atoms with E-state index in [9.17, 15) is 14.7 Å². The van der Waals surface area contributed by atoms with E-state index in [-0.39, 0.29) is 30.3 Å². The Morgan fingerprint density at radius 3 is 2.66 bits per heavy atom. The number of allylic oxidation sites excluding steroid dienone is 2. The van der Waals surface area contributed by atoms with E-state index in [4.69, 9.17) is 9.47 Å². The zero-order chi connectivity index (χ0) is 26.7. The quantitative estimate of drug-likeness (QED) is 0.382. The molecule has 1 unspecified atom stereocenters. The van der Waals surface area contributed by atoms with Crippen LogP contribution in [0.5, 0.6) is 11.5 Å². The van der Waals surface area contributed by atoms with Crippen LogP contribution in [0.4, 0.5) is 5.82 Å². The Labute approximate surface area is 221 Å². The summed E-state index contributed by atoms with van der Waals surface area (Å²) in [5.41, 5.74) is 3.73. The number of rotatable bonds is 8. The molecule has 1 aromatic heterocycles. The van der Waals surface area contributed by atoms with Crippen LogP contribution in [-0.4, -0.2) is 35.5 Å². The van der Waals surface area contributed by atoms with Gasteiger partial charge < -0.3 is 19.9 Å². The zero-order valence-electron chi connectivity index (χ0n) is 21.5. The Morgan fingerprint density at radius 1 is 1.05 bits per heavy atom. The first-order valence-corrected chi connectivity index (χ1v) is 12.7. The van der Waals surface area contributed by atoms with Crippen molar-refractivity contribution in [3.8, 4) is 33.9 Å². The molecule has 7 nitrogen and oxygen atoms in total. The molecule has 3 aromatic rings. The van der Waals surface area contributed by atoms with Gasteiger partial charge in [-0.25, -0.2) is 4.98 Å². The lowest BCUT2D eigenvalue weighted by atomic mass is 9.75. The van der Waals surface area contributed by atoms with Gasteiger partial charge in [0, 0.05) is 30.2 Å². The van der Waals surface area contributed by atoms with Gasteiger partial charge in [0.25, 0.3) is 0 Å². The van der Waals surface area contributed by atoms with Crippen molar-refractivity contribution < 1.29 is 24.2 Å². The van der Waals surface area contributed by atoms with E-state index in [0.29, 0.717) is 30.3 Å². The van der Waals surface area contributed by atoms with Crippen molar-refractivity contribution in [2.75, 3.05) is 19.0 Å². The maximum Gasteiger partial charge on any atom is 0.225 e. The SMILES string of the molecule is COc1cc(-c2cc(NC(=O)CCC(=O)C3(C)C=CC4=C(CCO4)C3)nc(-c3ccccc3)c2)ccc1O. The third-order valence-corrected chi connectivity index (χ3v) is 7.08. The molecule has 0 saturated carbocycles. The number of ketones is 1. The highest BCUT2D eigenvalue weighted by Crippen LogP contribution is 2.40. The number of aromatic nitrogens is 1. The second-order valence-electron chi connectivity index (χ2n) is 9.84. The number of hydrogen-bond acceptors (Lipinski definition) is 6. The zero-order valence-corrected chi connectivity index (χ0v) is 21.5. The van der Waals surface area contributed by atoms with Crippen LogP contribution in [-0.2, 0) is 14.3 Å². The van der Waals surface area contributed by atoms with Crippen molar-refractivity contribution in [2.45, 2.75) is 32.6 Å². The molecule has 1 atom stereocenters. The number of pyridine rings is 1. The maximum absolute atomic E-state index is 13.1. The van der Waals surface area contributed by atoms with Gasteiger partial charge in [0.1, 0.15) is 17.4 Å². The summed E-state index contributed by atoms with van der Waals surface area (Å²) >= 11 is 0. The van der Waals surface area contributed by atoms with Gasteiger partial charge in [-0.1, -0.05) is 42.5 Å². The van der Waals surface area contributed by atoms with Crippen molar-refractivity contribution in [3.63, 3.8) is 0 Å². The number of anilines is 1. The Kier molecular flexibility index (Phi) is 7.01. The van der Waals surface area contributed by atoms with Gasteiger partial charge in [0.05, 0.1) is 19.4 Å². The number of carbonyl (C=O) groups excluding carboxylic acids is 2. The molecule has 0 saturated heterocycles. The van der Waals surface area contributed by atoms with Gasteiger partial charge in [-0.05, 0) is 60.4 Å². The monoisotopic (exact) mass is 510 g/mol. The molecule has 2 aliphatic rings. The summed E-state index contributed by atoms with van der Waals surface area (Å²) in [6.45, 7) is 2.59. The van der Waals surface area contributed by atoms with E-state index in [1.165, 1.54) is 12.7 Å². The number of Topliss-reactive ketones (excluding diaryl/α,β-unsaturated/α-hetero) is 1. The van der Waals surface area contributed by atoms with Crippen LogP contribution >= 0.6 is 0 Å². The fraction of sp³-hybridized carbons (Fsp3) is 0.258. The van der Waals surface area contributed by atoms with Gasteiger partial charge in [-0.2, -0.15) is 0 Å². The van der Waals surface area contributed by atoms with Gasteiger partial charge in [-0.3, -0.25) is 9.59 Å². The normalized spacial score (nSPS) is 18.1. The van der Waals surface area contributed by atoms with Crippen LogP contribution < -0.4 is 10.1 Å². The van der Waals surface area contributed by atoms with E-state index >= 15 is 0 Å². The molecular weight excluding hydrogens is 480 g/mol. The molecule has 7 heteroatoms. The van der Waals surface area contributed by atoms with Crippen molar-refractivity contribution in [3.05, 3.63) is 84.1 Å². The van der Waals surface area contributed by atoms with E-state index in [2.05, 4.69) is 10.3 Å². The first-order chi connectivity index (χ1) is 18.3. The fourth-order valence-electron chi connectivity index (χ4n) is 4.90. The molecule has 2 heterocycles. The van der Waals surface area contributed by atoms with Crippen LogP contribution in [0.15, 0.2) is 84.1 Å². The van der Waals surface area contributed by atoms with E-state index in [0.717, 1.165) is 28.9 Å². The predicted molar refractivity (Wildman–Crippen MR) is 146 cm³/mol. The lowest BCUT2D eigenvalue weighted by molar-refractivity contribution is -0.128. The number of aromatic hydroxyl groups is 1. The van der Waals surface area contributed by atoms with Crippen molar-refractivity contribution >= 4 is 17.5 Å². The Morgan fingerprint density at radius 2 is 1.87 bits per heavy atom. The maximum atomic E-state index is 13.1. The van der Waals surface area contributed by atoms with Crippen molar-refractivity contribution in [1.82, 2.24) is 4.98 Å². The van der Waals surface area contributed by atoms with Crippen LogP contribution in [0, 0.1) is 5.41 Å². The molecule has 1 aliphatic carbocycles. The van der Waals surface area contributed by atoms with E-state index in [1.54, 1.807) is 24.3 Å². The third kappa shape index (κ3) is 5.32. The molecular formula is C31H30N2O5. The number of nitrogens with one attached hydrogen (secondary N) is 1.